The van der Waals surface area contributed by atoms with Gasteiger partial charge >= 0.3 is 0 Å². The molecule has 1 aromatic heterocycles. The lowest BCUT2D eigenvalue weighted by molar-refractivity contribution is -0.120. The van der Waals surface area contributed by atoms with Gasteiger partial charge in [0.2, 0.25) is 5.91 Å². The lowest BCUT2D eigenvalue weighted by Gasteiger charge is -2.36. The van der Waals surface area contributed by atoms with E-state index >= 15 is 0 Å². The standard InChI is InChI=1S/C20H27N3OS/c1-15-8-10-23(11-9-15)18(19-3-2-12-25-19)14-22-20(24)13-16-4-6-17(21)7-5-16/h2-7,12,15,18H,8-11,13-14,21H2,1H3,(H,22,24). The van der Waals surface area contributed by atoms with Crippen LogP contribution < -0.4 is 11.1 Å². The van der Waals surface area contributed by atoms with E-state index in [9.17, 15) is 4.79 Å². The third-order valence-electron chi connectivity index (χ3n) is 4.97. The number of thiophene rings is 1. The molecule has 1 aliphatic heterocycles. The molecular weight excluding hydrogens is 330 g/mol. The average Bonchev–Trinajstić information content (AvgIpc) is 3.13. The molecule has 1 fully saturated rings. The maximum Gasteiger partial charge on any atom is 0.224 e. The maximum atomic E-state index is 12.3. The summed E-state index contributed by atoms with van der Waals surface area (Å²) in [6.45, 7) is 5.21. The van der Waals surface area contributed by atoms with Gasteiger partial charge in [0.1, 0.15) is 0 Å². The molecule has 3 N–H and O–H groups in total. The van der Waals surface area contributed by atoms with Gasteiger partial charge in [-0.15, -0.1) is 11.3 Å². The van der Waals surface area contributed by atoms with Crippen molar-refractivity contribution in [3.05, 3.63) is 52.2 Å². The van der Waals surface area contributed by atoms with Crippen LogP contribution in [0, 0.1) is 5.92 Å². The van der Waals surface area contributed by atoms with E-state index in [1.807, 2.05) is 24.3 Å². The third kappa shape index (κ3) is 5.06. The molecule has 1 amide bonds. The van der Waals surface area contributed by atoms with Crippen molar-refractivity contribution >= 4 is 22.9 Å². The molecule has 1 atom stereocenters. The number of carbonyl (C=O) groups is 1. The van der Waals surface area contributed by atoms with Crippen LogP contribution in [0.1, 0.15) is 36.2 Å². The Labute approximate surface area is 154 Å². The van der Waals surface area contributed by atoms with Crippen LogP contribution in [0.2, 0.25) is 0 Å². The second kappa shape index (κ2) is 8.50. The van der Waals surface area contributed by atoms with E-state index in [4.69, 9.17) is 5.73 Å². The van der Waals surface area contributed by atoms with Gasteiger partial charge in [0.15, 0.2) is 0 Å². The quantitative estimate of drug-likeness (QED) is 0.779. The zero-order valence-corrected chi connectivity index (χ0v) is 15.6. The number of nitrogen functional groups attached to an aromatic ring is 1. The summed E-state index contributed by atoms with van der Waals surface area (Å²) in [5, 5.41) is 5.25. The SMILES string of the molecule is CC1CCN(C(CNC(=O)Cc2ccc(N)cc2)c2cccs2)CC1. The Morgan fingerprint density at radius 3 is 2.64 bits per heavy atom. The molecule has 5 heteroatoms. The lowest BCUT2D eigenvalue weighted by Crippen LogP contribution is -2.41. The first-order valence-corrected chi connectivity index (χ1v) is 9.88. The smallest absolute Gasteiger partial charge is 0.224 e. The predicted molar refractivity (Wildman–Crippen MR) is 105 cm³/mol. The molecule has 3 rings (SSSR count). The number of anilines is 1. The van der Waals surface area contributed by atoms with Gasteiger partial charge in [0.05, 0.1) is 12.5 Å². The van der Waals surface area contributed by atoms with Crippen LogP contribution in [-0.2, 0) is 11.2 Å². The fraction of sp³-hybridized carbons (Fsp3) is 0.450. The zero-order chi connectivity index (χ0) is 17.6. The van der Waals surface area contributed by atoms with Crippen LogP contribution in [0.4, 0.5) is 5.69 Å². The van der Waals surface area contributed by atoms with Crippen LogP contribution in [0.3, 0.4) is 0 Å². The van der Waals surface area contributed by atoms with Crippen molar-refractivity contribution in [2.75, 3.05) is 25.4 Å². The summed E-state index contributed by atoms with van der Waals surface area (Å²) in [5.41, 5.74) is 7.41. The van der Waals surface area contributed by atoms with Crippen molar-refractivity contribution in [3.8, 4) is 0 Å². The number of amides is 1. The number of carbonyl (C=O) groups excluding carboxylic acids is 1. The number of nitrogens with one attached hydrogen (secondary N) is 1. The van der Waals surface area contributed by atoms with Gasteiger partial charge in [0.25, 0.3) is 0 Å². The Kier molecular flexibility index (Phi) is 6.10. The van der Waals surface area contributed by atoms with Crippen molar-refractivity contribution in [3.63, 3.8) is 0 Å². The molecule has 0 radical (unpaired) electrons. The first-order valence-electron chi connectivity index (χ1n) is 9.00. The molecule has 1 unspecified atom stereocenters. The largest absolute Gasteiger partial charge is 0.399 e. The monoisotopic (exact) mass is 357 g/mol. The Morgan fingerprint density at radius 1 is 1.28 bits per heavy atom. The summed E-state index contributed by atoms with van der Waals surface area (Å²) in [6, 6.07) is 12.1. The van der Waals surface area contributed by atoms with Gasteiger partial charge in [-0.05, 0) is 61.0 Å². The van der Waals surface area contributed by atoms with Crippen LogP contribution in [0.5, 0.6) is 0 Å². The van der Waals surface area contributed by atoms with E-state index in [1.54, 1.807) is 11.3 Å². The van der Waals surface area contributed by atoms with E-state index in [0.717, 1.165) is 30.3 Å². The molecule has 0 saturated carbocycles. The molecule has 1 aliphatic rings. The summed E-state index contributed by atoms with van der Waals surface area (Å²) >= 11 is 1.78. The Hall–Kier alpha value is -1.85. The van der Waals surface area contributed by atoms with Gasteiger partial charge in [0, 0.05) is 17.1 Å². The fourth-order valence-corrected chi connectivity index (χ4v) is 4.19. The zero-order valence-electron chi connectivity index (χ0n) is 14.8. The van der Waals surface area contributed by atoms with E-state index in [1.165, 1.54) is 17.7 Å². The van der Waals surface area contributed by atoms with Gasteiger partial charge in [-0.2, -0.15) is 0 Å². The van der Waals surface area contributed by atoms with Crippen LogP contribution in [0.15, 0.2) is 41.8 Å². The summed E-state index contributed by atoms with van der Waals surface area (Å²) in [5.74, 6) is 0.872. The number of hydrogen-bond donors (Lipinski definition) is 2. The number of benzene rings is 1. The molecular formula is C20H27N3OS. The van der Waals surface area contributed by atoms with Crippen molar-refractivity contribution < 1.29 is 4.79 Å². The highest BCUT2D eigenvalue weighted by Gasteiger charge is 2.25. The molecule has 4 nitrogen and oxygen atoms in total. The number of nitrogens with zero attached hydrogens (tertiary/aromatic N) is 1. The third-order valence-corrected chi connectivity index (χ3v) is 5.94. The fourth-order valence-electron chi connectivity index (χ4n) is 3.32. The minimum Gasteiger partial charge on any atom is -0.399 e. The van der Waals surface area contributed by atoms with Crippen LogP contribution >= 0.6 is 11.3 Å². The second-order valence-corrected chi connectivity index (χ2v) is 7.95. The minimum absolute atomic E-state index is 0.0664. The number of hydrogen-bond acceptors (Lipinski definition) is 4. The van der Waals surface area contributed by atoms with Crippen molar-refractivity contribution in [1.29, 1.82) is 0 Å². The first-order chi connectivity index (χ1) is 12.1. The van der Waals surface area contributed by atoms with Crippen molar-refractivity contribution in [1.82, 2.24) is 10.2 Å². The predicted octanol–water partition coefficient (Wildman–Crippen LogP) is 3.46. The number of likely N-dealkylation sites (tertiary alicyclic amines) is 1. The molecule has 1 aromatic carbocycles. The highest BCUT2D eigenvalue weighted by molar-refractivity contribution is 7.10. The van der Waals surface area contributed by atoms with Gasteiger partial charge in [-0.3, -0.25) is 9.69 Å². The molecule has 0 spiro atoms. The summed E-state index contributed by atoms with van der Waals surface area (Å²) in [4.78, 5) is 16.2. The molecule has 2 aromatic rings. The minimum atomic E-state index is 0.0664. The Morgan fingerprint density at radius 2 is 2.00 bits per heavy atom. The van der Waals surface area contributed by atoms with E-state index in [2.05, 4.69) is 34.7 Å². The van der Waals surface area contributed by atoms with Crippen molar-refractivity contribution in [2.24, 2.45) is 5.92 Å². The van der Waals surface area contributed by atoms with E-state index in [0.29, 0.717) is 13.0 Å². The Bertz CT molecular complexity index is 661. The van der Waals surface area contributed by atoms with Gasteiger partial charge in [-0.1, -0.05) is 25.1 Å². The summed E-state index contributed by atoms with van der Waals surface area (Å²) in [7, 11) is 0. The molecule has 0 bridgehead atoms. The topological polar surface area (TPSA) is 58.4 Å². The van der Waals surface area contributed by atoms with Crippen LogP contribution in [-0.4, -0.2) is 30.4 Å². The Balaban J connectivity index is 1.58. The number of nitrogens with two attached hydrogens (primary N) is 1. The molecule has 1 saturated heterocycles. The number of piperidine rings is 1. The summed E-state index contributed by atoms with van der Waals surface area (Å²) in [6.07, 6.45) is 2.87. The second-order valence-electron chi connectivity index (χ2n) is 6.97. The van der Waals surface area contributed by atoms with E-state index < -0.39 is 0 Å². The molecule has 134 valence electrons. The highest BCUT2D eigenvalue weighted by atomic mass is 32.1. The van der Waals surface area contributed by atoms with Gasteiger partial charge < -0.3 is 11.1 Å². The van der Waals surface area contributed by atoms with Crippen molar-refractivity contribution in [2.45, 2.75) is 32.2 Å². The first kappa shape index (κ1) is 18.0. The van der Waals surface area contributed by atoms with Gasteiger partial charge in [-0.25, -0.2) is 0 Å². The van der Waals surface area contributed by atoms with Crippen LogP contribution in [0.25, 0.3) is 0 Å². The maximum absolute atomic E-state index is 12.3. The average molecular weight is 358 g/mol. The molecule has 2 heterocycles. The number of rotatable bonds is 6. The lowest BCUT2D eigenvalue weighted by atomic mass is 9.97. The molecule has 0 aliphatic carbocycles. The summed E-state index contributed by atoms with van der Waals surface area (Å²) < 4.78 is 0. The molecule has 25 heavy (non-hydrogen) atoms. The normalized spacial score (nSPS) is 17.3. The highest BCUT2D eigenvalue weighted by Crippen LogP contribution is 2.29. The van der Waals surface area contributed by atoms with E-state index in [-0.39, 0.29) is 11.9 Å².